The van der Waals surface area contributed by atoms with E-state index >= 15 is 0 Å². The van der Waals surface area contributed by atoms with Crippen molar-refractivity contribution in [2.24, 2.45) is 0 Å². The highest BCUT2D eigenvalue weighted by Crippen LogP contribution is 2.53. The van der Waals surface area contributed by atoms with E-state index in [0.29, 0.717) is 27.0 Å². The van der Waals surface area contributed by atoms with Crippen molar-refractivity contribution in [1.29, 1.82) is 0 Å². The molecule has 1 spiro atoms. The van der Waals surface area contributed by atoms with E-state index in [1.807, 2.05) is 42.5 Å². The van der Waals surface area contributed by atoms with Gasteiger partial charge in [-0.25, -0.2) is 0 Å². The quantitative estimate of drug-likeness (QED) is 0.230. The van der Waals surface area contributed by atoms with Crippen LogP contribution in [0.1, 0.15) is 32.8 Å². The molecule has 0 radical (unpaired) electrons. The molecule has 3 heterocycles. The molecule has 0 saturated carbocycles. The first kappa shape index (κ1) is 26.3. The number of hydrogen-bond acceptors (Lipinski definition) is 5. The van der Waals surface area contributed by atoms with Gasteiger partial charge in [0.1, 0.15) is 11.3 Å². The number of anilines is 1. The van der Waals surface area contributed by atoms with Crippen molar-refractivity contribution in [3.8, 4) is 5.75 Å². The number of carbonyl (C=O) groups is 2. The molecule has 0 fully saturated rings. The predicted molar refractivity (Wildman–Crippen MR) is 160 cm³/mol. The van der Waals surface area contributed by atoms with E-state index in [-0.39, 0.29) is 35.4 Å². The van der Waals surface area contributed by atoms with Crippen molar-refractivity contribution in [1.82, 2.24) is 4.90 Å². The standard InChI is InChI=1S/C33H22Cl2N2O5/c1-41-22-13-10-19(11-14-22)17-37-31(39)30-28(29(38)23-16-21(34)12-15-27(23)42-30)33(37)24-7-3-5-9-26(24)36(32(33)40)18-20-6-2-4-8-25(20)35/h2-16H,17-18H2,1H3. The normalized spacial score (nSPS) is 17.3. The summed E-state index contributed by atoms with van der Waals surface area (Å²) in [6.45, 7) is 0.172. The first-order valence-corrected chi connectivity index (χ1v) is 14.0. The molecular formula is C33H22Cl2N2O5. The van der Waals surface area contributed by atoms with E-state index in [2.05, 4.69) is 0 Å². The first-order chi connectivity index (χ1) is 20.3. The average molecular weight is 597 g/mol. The van der Waals surface area contributed by atoms with Gasteiger partial charge in [0.2, 0.25) is 5.76 Å². The minimum absolute atomic E-state index is 0.0186. The number of hydrogen-bond donors (Lipinski definition) is 0. The summed E-state index contributed by atoms with van der Waals surface area (Å²) in [5.41, 5.74) is 0.488. The number of methoxy groups -OCH3 is 1. The lowest BCUT2D eigenvalue weighted by molar-refractivity contribution is -0.126. The Morgan fingerprint density at radius 1 is 0.857 bits per heavy atom. The van der Waals surface area contributed by atoms with E-state index in [1.54, 1.807) is 54.5 Å². The summed E-state index contributed by atoms with van der Waals surface area (Å²) < 4.78 is 11.4. The molecule has 1 unspecified atom stereocenters. The average Bonchev–Trinajstić information content (AvgIpc) is 3.39. The molecule has 4 aromatic carbocycles. The number of para-hydroxylation sites is 1. The lowest BCUT2D eigenvalue weighted by Crippen LogP contribution is -2.52. The van der Waals surface area contributed by atoms with E-state index in [9.17, 15) is 14.4 Å². The molecule has 1 atom stereocenters. The number of nitrogens with zero attached hydrogens (tertiary/aromatic N) is 2. The summed E-state index contributed by atoms with van der Waals surface area (Å²) in [7, 11) is 1.57. The van der Waals surface area contributed by atoms with Crippen LogP contribution in [0.4, 0.5) is 5.69 Å². The Kier molecular flexibility index (Phi) is 6.11. The van der Waals surface area contributed by atoms with Crippen LogP contribution >= 0.6 is 23.2 Å². The Labute approximate surface area is 250 Å². The van der Waals surface area contributed by atoms with Crippen molar-refractivity contribution in [3.63, 3.8) is 0 Å². The van der Waals surface area contributed by atoms with Crippen molar-refractivity contribution in [3.05, 3.63) is 139 Å². The lowest BCUT2D eigenvalue weighted by Gasteiger charge is -2.34. The summed E-state index contributed by atoms with van der Waals surface area (Å²) in [4.78, 5) is 46.6. The van der Waals surface area contributed by atoms with Crippen molar-refractivity contribution in [2.75, 3.05) is 12.0 Å². The molecule has 0 N–H and O–H groups in total. The fraction of sp³-hybridized carbons (Fsp3) is 0.121. The zero-order valence-electron chi connectivity index (χ0n) is 22.3. The Balaban J connectivity index is 1.50. The third-order valence-corrected chi connectivity index (χ3v) is 8.59. The van der Waals surface area contributed by atoms with Crippen LogP contribution in [0.25, 0.3) is 11.0 Å². The van der Waals surface area contributed by atoms with Crippen LogP contribution in [0.15, 0.2) is 100 Å². The summed E-state index contributed by atoms with van der Waals surface area (Å²) in [6.07, 6.45) is 0. The maximum atomic E-state index is 14.9. The summed E-state index contributed by atoms with van der Waals surface area (Å²) in [5.74, 6) is -0.515. The highest BCUT2D eigenvalue weighted by Gasteiger charge is 2.65. The molecule has 0 bridgehead atoms. The topological polar surface area (TPSA) is 80.1 Å². The van der Waals surface area contributed by atoms with Crippen LogP contribution in [-0.2, 0) is 23.4 Å². The number of ether oxygens (including phenoxy) is 1. The SMILES string of the molecule is COc1ccc(CN2C(=O)c3oc4ccc(Cl)cc4c(=O)c3C23C(=O)N(Cc2ccccc2Cl)c2ccccc23)cc1. The van der Waals surface area contributed by atoms with Crippen LogP contribution in [0, 0.1) is 0 Å². The van der Waals surface area contributed by atoms with Crippen molar-refractivity contribution < 1.29 is 18.7 Å². The lowest BCUT2D eigenvalue weighted by atomic mass is 9.83. The highest BCUT2D eigenvalue weighted by molar-refractivity contribution is 6.31. The first-order valence-electron chi connectivity index (χ1n) is 13.2. The second-order valence-electron chi connectivity index (χ2n) is 10.2. The van der Waals surface area contributed by atoms with Crippen LogP contribution in [0.2, 0.25) is 10.0 Å². The molecular weight excluding hydrogens is 575 g/mol. The molecule has 208 valence electrons. The van der Waals surface area contributed by atoms with Gasteiger partial charge in [0.15, 0.2) is 11.0 Å². The number of amides is 2. The zero-order valence-corrected chi connectivity index (χ0v) is 23.8. The number of rotatable bonds is 5. The summed E-state index contributed by atoms with van der Waals surface area (Å²) in [5, 5.41) is 1.03. The molecule has 2 aliphatic heterocycles. The van der Waals surface area contributed by atoms with Gasteiger partial charge in [0.25, 0.3) is 11.8 Å². The van der Waals surface area contributed by atoms with Gasteiger partial charge in [0.05, 0.1) is 30.3 Å². The van der Waals surface area contributed by atoms with Gasteiger partial charge in [-0.2, -0.15) is 0 Å². The van der Waals surface area contributed by atoms with Crippen LogP contribution in [0.3, 0.4) is 0 Å². The molecule has 5 aromatic rings. The maximum Gasteiger partial charge on any atom is 0.291 e. The molecule has 1 aromatic heterocycles. The minimum atomic E-state index is -1.78. The van der Waals surface area contributed by atoms with Crippen LogP contribution < -0.4 is 15.1 Å². The Morgan fingerprint density at radius 3 is 2.36 bits per heavy atom. The third-order valence-electron chi connectivity index (χ3n) is 7.98. The Morgan fingerprint density at radius 2 is 1.60 bits per heavy atom. The number of fused-ring (bicyclic) bond motifs is 5. The fourth-order valence-electron chi connectivity index (χ4n) is 6.05. The second-order valence-corrected chi connectivity index (χ2v) is 11.1. The molecule has 7 rings (SSSR count). The van der Waals surface area contributed by atoms with Crippen LogP contribution in [-0.4, -0.2) is 23.8 Å². The summed E-state index contributed by atoms with van der Waals surface area (Å²) in [6, 6.07) is 26.3. The Bertz CT molecular complexity index is 1990. The number of benzene rings is 4. The van der Waals surface area contributed by atoms with Crippen molar-refractivity contribution >= 4 is 51.7 Å². The molecule has 0 saturated heterocycles. The third kappa shape index (κ3) is 3.70. The summed E-state index contributed by atoms with van der Waals surface area (Å²) >= 11 is 12.8. The monoisotopic (exact) mass is 596 g/mol. The number of carbonyl (C=O) groups excluding carboxylic acids is 2. The number of halogens is 2. The molecule has 42 heavy (non-hydrogen) atoms. The van der Waals surface area contributed by atoms with Crippen LogP contribution in [0.5, 0.6) is 5.75 Å². The van der Waals surface area contributed by atoms with Gasteiger partial charge in [-0.15, -0.1) is 0 Å². The van der Waals surface area contributed by atoms with E-state index in [0.717, 1.165) is 11.1 Å². The Hall–Kier alpha value is -4.59. The molecule has 7 nitrogen and oxygen atoms in total. The molecule has 2 aliphatic rings. The minimum Gasteiger partial charge on any atom is -0.497 e. The van der Waals surface area contributed by atoms with Gasteiger partial charge in [0, 0.05) is 22.2 Å². The van der Waals surface area contributed by atoms with Gasteiger partial charge in [-0.05, 0) is 53.6 Å². The van der Waals surface area contributed by atoms with E-state index in [4.69, 9.17) is 32.4 Å². The molecule has 9 heteroatoms. The zero-order chi connectivity index (χ0) is 29.2. The molecule has 0 aliphatic carbocycles. The highest BCUT2D eigenvalue weighted by atomic mass is 35.5. The van der Waals surface area contributed by atoms with E-state index in [1.165, 1.54) is 11.0 Å². The van der Waals surface area contributed by atoms with Gasteiger partial charge in [-0.1, -0.05) is 71.7 Å². The molecule has 2 amide bonds. The van der Waals surface area contributed by atoms with E-state index < -0.39 is 22.8 Å². The van der Waals surface area contributed by atoms with Gasteiger partial charge >= 0.3 is 0 Å². The maximum absolute atomic E-state index is 14.9. The van der Waals surface area contributed by atoms with Gasteiger partial charge < -0.3 is 19.0 Å². The largest absolute Gasteiger partial charge is 0.497 e. The second kappa shape index (κ2) is 9.76. The fourth-order valence-corrected chi connectivity index (χ4v) is 6.42. The van der Waals surface area contributed by atoms with Gasteiger partial charge in [-0.3, -0.25) is 14.4 Å². The van der Waals surface area contributed by atoms with Crippen molar-refractivity contribution in [2.45, 2.75) is 18.6 Å². The predicted octanol–water partition coefficient (Wildman–Crippen LogP) is 6.55. The smallest absolute Gasteiger partial charge is 0.291 e.